The summed E-state index contributed by atoms with van der Waals surface area (Å²) in [7, 11) is 1.66. The standard InChI is InChI=1S/C26H29N5O3S/c1-3-34-22-10-6-18(7-11-22)15-27-24(32)20-5-4-14-30(16-20)26-29-31-17-23(28-25(31)35-26)19-8-12-21(33-2)13-9-19/h6-13,17,20H,3-5,14-16H2,1-2H3,(H,27,32)/t20-/m0/s1. The Labute approximate surface area is 208 Å². The molecule has 0 unspecified atom stereocenters. The van der Waals surface area contributed by atoms with Crippen LogP contribution in [0.15, 0.2) is 54.7 Å². The summed E-state index contributed by atoms with van der Waals surface area (Å²) in [6, 6.07) is 15.7. The molecule has 2 aromatic heterocycles. The van der Waals surface area contributed by atoms with Crippen LogP contribution >= 0.6 is 11.3 Å². The van der Waals surface area contributed by atoms with E-state index in [2.05, 4.69) is 10.2 Å². The number of methoxy groups -OCH3 is 1. The molecule has 0 bridgehead atoms. The van der Waals surface area contributed by atoms with E-state index in [-0.39, 0.29) is 11.8 Å². The lowest BCUT2D eigenvalue weighted by molar-refractivity contribution is -0.125. The van der Waals surface area contributed by atoms with E-state index in [0.717, 1.165) is 57.8 Å². The highest BCUT2D eigenvalue weighted by Crippen LogP contribution is 2.30. The molecular formula is C26H29N5O3S. The second-order valence-electron chi connectivity index (χ2n) is 8.55. The first-order valence-electron chi connectivity index (χ1n) is 11.9. The van der Waals surface area contributed by atoms with Crippen LogP contribution in [0.2, 0.25) is 0 Å². The van der Waals surface area contributed by atoms with E-state index in [4.69, 9.17) is 19.6 Å². The van der Waals surface area contributed by atoms with E-state index in [0.29, 0.717) is 19.7 Å². The van der Waals surface area contributed by atoms with Crippen molar-refractivity contribution in [1.29, 1.82) is 0 Å². The van der Waals surface area contributed by atoms with Crippen LogP contribution in [0.4, 0.5) is 5.13 Å². The summed E-state index contributed by atoms with van der Waals surface area (Å²) in [4.78, 5) is 20.7. The molecule has 0 aliphatic carbocycles. The highest BCUT2D eigenvalue weighted by Gasteiger charge is 2.28. The van der Waals surface area contributed by atoms with Crippen molar-refractivity contribution in [2.24, 2.45) is 5.92 Å². The van der Waals surface area contributed by atoms with Gasteiger partial charge in [0.1, 0.15) is 11.5 Å². The summed E-state index contributed by atoms with van der Waals surface area (Å²) >= 11 is 1.55. The SMILES string of the molecule is CCOc1ccc(CNC(=O)[C@H]2CCCN(c3nn4cc(-c5ccc(OC)cc5)nc4s3)C2)cc1. The lowest BCUT2D eigenvalue weighted by atomic mass is 9.97. The Balaban J connectivity index is 1.20. The fourth-order valence-electron chi connectivity index (χ4n) is 4.29. The number of anilines is 1. The van der Waals surface area contributed by atoms with Crippen molar-refractivity contribution in [3.63, 3.8) is 0 Å². The molecule has 182 valence electrons. The molecule has 3 heterocycles. The van der Waals surface area contributed by atoms with Gasteiger partial charge in [-0.2, -0.15) is 0 Å². The molecule has 5 rings (SSSR count). The van der Waals surface area contributed by atoms with Gasteiger partial charge in [-0.25, -0.2) is 9.50 Å². The number of carbonyl (C=O) groups excluding carboxylic acids is 1. The average Bonchev–Trinajstić information content (AvgIpc) is 3.48. The monoisotopic (exact) mass is 491 g/mol. The van der Waals surface area contributed by atoms with E-state index in [1.54, 1.807) is 18.4 Å². The number of amides is 1. The van der Waals surface area contributed by atoms with Crippen LogP contribution in [0.25, 0.3) is 16.2 Å². The molecule has 8 nitrogen and oxygen atoms in total. The van der Waals surface area contributed by atoms with Crippen LogP contribution in [0, 0.1) is 5.92 Å². The Morgan fingerprint density at radius 1 is 1.14 bits per heavy atom. The van der Waals surface area contributed by atoms with Crippen molar-refractivity contribution in [1.82, 2.24) is 19.9 Å². The fraction of sp³-hybridized carbons (Fsp3) is 0.346. The fourth-order valence-corrected chi connectivity index (χ4v) is 5.20. The Kier molecular flexibility index (Phi) is 6.85. The van der Waals surface area contributed by atoms with Crippen molar-refractivity contribution < 1.29 is 14.3 Å². The summed E-state index contributed by atoms with van der Waals surface area (Å²) < 4.78 is 12.5. The van der Waals surface area contributed by atoms with Crippen LogP contribution in [0.1, 0.15) is 25.3 Å². The van der Waals surface area contributed by atoms with Gasteiger partial charge in [-0.1, -0.05) is 23.5 Å². The number of hydrogen-bond acceptors (Lipinski definition) is 7. The Morgan fingerprint density at radius 2 is 1.91 bits per heavy atom. The van der Waals surface area contributed by atoms with E-state index >= 15 is 0 Å². The predicted molar refractivity (Wildman–Crippen MR) is 137 cm³/mol. The number of rotatable bonds is 8. The summed E-state index contributed by atoms with van der Waals surface area (Å²) in [5.74, 6) is 1.69. The first-order chi connectivity index (χ1) is 17.1. The van der Waals surface area contributed by atoms with Gasteiger partial charge < -0.3 is 19.7 Å². The van der Waals surface area contributed by atoms with Crippen LogP contribution < -0.4 is 19.7 Å². The maximum Gasteiger partial charge on any atom is 0.225 e. The van der Waals surface area contributed by atoms with E-state index in [1.807, 2.05) is 66.2 Å². The van der Waals surface area contributed by atoms with Gasteiger partial charge in [-0.3, -0.25) is 4.79 Å². The summed E-state index contributed by atoms with van der Waals surface area (Å²) in [6.45, 7) is 4.68. The summed E-state index contributed by atoms with van der Waals surface area (Å²) in [5, 5.41) is 8.76. The minimum Gasteiger partial charge on any atom is -0.497 e. The van der Waals surface area contributed by atoms with Crippen LogP contribution in [-0.2, 0) is 11.3 Å². The molecule has 4 aromatic rings. The first kappa shape index (κ1) is 23.2. The molecule has 0 radical (unpaired) electrons. The zero-order valence-corrected chi connectivity index (χ0v) is 20.8. The molecule has 1 saturated heterocycles. The zero-order chi connectivity index (χ0) is 24.2. The van der Waals surface area contributed by atoms with Crippen molar-refractivity contribution in [2.75, 3.05) is 31.7 Å². The van der Waals surface area contributed by atoms with Gasteiger partial charge in [0, 0.05) is 25.2 Å². The molecule has 1 fully saturated rings. The minimum atomic E-state index is -0.0578. The first-order valence-corrected chi connectivity index (χ1v) is 12.7. The second kappa shape index (κ2) is 10.4. The third-order valence-electron chi connectivity index (χ3n) is 6.18. The van der Waals surface area contributed by atoms with Crippen molar-refractivity contribution in [3.05, 3.63) is 60.3 Å². The Bertz CT molecular complexity index is 1250. The summed E-state index contributed by atoms with van der Waals surface area (Å²) in [5.41, 5.74) is 2.96. The zero-order valence-electron chi connectivity index (χ0n) is 19.9. The largest absolute Gasteiger partial charge is 0.497 e. The van der Waals surface area contributed by atoms with Gasteiger partial charge in [0.25, 0.3) is 0 Å². The highest BCUT2D eigenvalue weighted by molar-refractivity contribution is 7.20. The van der Waals surface area contributed by atoms with Crippen LogP contribution in [0.5, 0.6) is 11.5 Å². The number of nitrogens with zero attached hydrogens (tertiary/aromatic N) is 4. The Morgan fingerprint density at radius 3 is 2.63 bits per heavy atom. The normalized spacial score (nSPS) is 15.8. The Hall–Kier alpha value is -3.59. The molecule has 1 amide bonds. The molecule has 1 aliphatic rings. The maximum absolute atomic E-state index is 12.9. The number of imidazole rings is 1. The van der Waals surface area contributed by atoms with Gasteiger partial charge in [-0.05, 0) is 61.7 Å². The molecule has 2 aromatic carbocycles. The number of aromatic nitrogens is 3. The molecular weight excluding hydrogens is 462 g/mol. The van der Waals surface area contributed by atoms with Crippen LogP contribution in [-0.4, -0.2) is 47.3 Å². The molecule has 1 N–H and O–H groups in total. The number of ether oxygens (including phenoxy) is 2. The van der Waals surface area contributed by atoms with Gasteiger partial charge in [0.05, 0.1) is 31.5 Å². The summed E-state index contributed by atoms with van der Waals surface area (Å²) in [6.07, 6.45) is 3.79. The topological polar surface area (TPSA) is 81.0 Å². The van der Waals surface area contributed by atoms with Crippen molar-refractivity contribution in [3.8, 4) is 22.8 Å². The second-order valence-corrected chi connectivity index (χ2v) is 9.48. The van der Waals surface area contributed by atoms with Crippen molar-refractivity contribution in [2.45, 2.75) is 26.3 Å². The molecule has 9 heteroatoms. The van der Waals surface area contributed by atoms with Crippen molar-refractivity contribution >= 4 is 27.3 Å². The van der Waals surface area contributed by atoms with Gasteiger partial charge in [-0.15, -0.1) is 5.10 Å². The number of piperidine rings is 1. The average molecular weight is 492 g/mol. The van der Waals surface area contributed by atoms with Gasteiger partial charge in [0.2, 0.25) is 16.0 Å². The van der Waals surface area contributed by atoms with E-state index in [9.17, 15) is 4.79 Å². The lowest BCUT2D eigenvalue weighted by Gasteiger charge is -2.31. The number of hydrogen-bond donors (Lipinski definition) is 1. The molecule has 0 spiro atoms. The predicted octanol–water partition coefficient (Wildman–Crippen LogP) is 4.40. The van der Waals surface area contributed by atoms with Gasteiger partial charge in [0.15, 0.2) is 0 Å². The third kappa shape index (κ3) is 5.24. The van der Waals surface area contributed by atoms with Gasteiger partial charge >= 0.3 is 0 Å². The van der Waals surface area contributed by atoms with E-state index < -0.39 is 0 Å². The van der Waals surface area contributed by atoms with Crippen LogP contribution in [0.3, 0.4) is 0 Å². The molecule has 1 atom stereocenters. The molecule has 35 heavy (non-hydrogen) atoms. The quantitative estimate of drug-likeness (QED) is 0.394. The maximum atomic E-state index is 12.9. The molecule has 1 aliphatic heterocycles. The minimum absolute atomic E-state index is 0.0578. The number of nitrogens with one attached hydrogen (secondary N) is 1. The third-order valence-corrected chi connectivity index (χ3v) is 7.17. The highest BCUT2D eigenvalue weighted by atomic mass is 32.1. The van der Waals surface area contributed by atoms with E-state index in [1.165, 1.54) is 0 Å². The molecule has 0 saturated carbocycles. The number of fused-ring (bicyclic) bond motifs is 1. The number of carbonyl (C=O) groups is 1. The number of benzene rings is 2. The smallest absolute Gasteiger partial charge is 0.225 e. The lowest BCUT2D eigenvalue weighted by Crippen LogP contribution is -2.43.